The van der Waals surface area contributed by atoms with Crippen LogP contribution in [0.2, 0.25) is 0 Å². The number of β-amino-alcohol motifs (C(OH)–C–C–N with tert-alkyl or cyclic N) is 1. The Morgan fingerprint density at radius 1 is 1.55 bits per heavy atom. The molecule has 66 valence electrons. The number of aliphatic hydroxyl groups excluding tert-OH is 1. The lowest BCUT2D eigenvalue weighted by Crippen LogP contribution is -2.46. The topological polar surface area (TPSA) is 23.5 Å². The Hall–Kier alpha value is -0.0800. The highest BCUT2D eigenvalue weighted by Gasteiger charge is 2.30. The maximum absolute atomic E-state index is 9.50. The van der Waals surface area contributed by atoms with Crippen molar-refractivity contribution in [1.82, 2.24) is 4.90 Å². The summed E-state index contributed by atoms with van der Waals surface area (Å²) in [5, 5.41) is 9.50. The molecule has 0 amide bonds. The third-order valence-corrected chi connectivity index (χ3v) is 2.36. The molecule has 1 heterocycles. The fraction of sp³-hybridized carbons (Fsp3) is 1.00. The summed E-state index contributed by atoms with van der Waals surface area (Å²) in [6.07, 6.45) is 0.836. The molecule has 0 saturated carbocycles. The molecule has 2 nitrogen and oxygen atoms in total. The number of nitrogens with zero attached hydrogens (tertiary/aromatic N) is 1. The van der Waals surface area contributed by atoms with Gasteiger partial charge in [0.15, 0.2) is 0 Å². The number of hydrogen-bond acceptors (Lipinski definition) is 2. The summed E-state index contributed by atoms with van der Waals surface area (Å²) in [6, 6.07) is 0. The Balaban J connectivity index is 2.51. The highest BCUT2D eigenvalue weighted by molar-refractivity contribution is 4.83. The van der Waals surface area contributed by atoms with Crippen molar-refractivity contribution in [3.05, 3.63) is 0 Å². The lowest BCUT2D eigenvalue weighted by atomic mass is 9.83. The molecule has 1 aliphatic rings. The Morgan fingerprint density at radius 3 is 2.64 bits per heavy atom. The van der Waals surface area contributed by atoms with Crippen molar-refractivity contribution >= 4 is 0 Å². The minimum absolute atomic E-state index is 0.112. The van der Waals surface area contributed by atoms with Crippen molar-refractivity contribution in [1.29, 1.82) is 0 Å². The molecule has 0 aromatic rings. The molecule has 1 saturated heterocycles. The maximum atomic E-state index is 9.50. The normalized spacial score (nSPS) is 32.2. The zero-order valence-corrected chi connectivity index (χ0v) is 7.80. The van der Waals surface area contributed by atoms with E-state index in [-0.39, 0.29) is 6.10 Å². The van der Waals surface area contributed by atoms with Gasteiger partial charge in [0.2, 0.25) is 0 Å². The quantitative estimate of drug-likeness (QED) is 0.616. The summed E-state index contributed by atoms with van der Waals surface area (Å²) in [5.74, 6) is 0. The maximum Gasteiger partial charge on any atom is 0.0672 e. The minimum Gasteiger partial charge on any atom is -0.392 e. The number of aliphatic hydroxyl groups is 1. The molecule has 0 bridgehead atoms. The average Bonchev–Trinajstić information content (AvgIpc) is 1.83. The second-order valence-electron chi connectivity index (χ2n) is 4.35. The van der Waals surface area contributed by atoms with Gasteiger partial charge in [-0.2, -0.15) is 0 Å². The van der Waals surface area contributed by atoms with Crippen LogP contribution in [0.5, 0.6) is 0 Å². The van der Waals surface area contributed by atoms with Gasteiger partial charge in [0.25, 0.3) is 0 Å². The Morgan fingerprint density at radius 2 is 2.18 bits per heavy atom. The van der Waals surface area contributed by atoms with E-state index in [1.165, 1.54) is 0 Å². The molecule has 2 heteroatoms. The van der Waals surface area contributed by atoms with Gasteiger partial charge in [-0.3, -0.25) is 0 Å². The summed E-state index contributed by atoms with van der Waals surface area (Å²) < 4.78 is 0. The first-order valence-electron chi connectivity index (χ1n) is 4.44. The van der Waals surface area contributed by atoms with Gasteiger partial charge in [-0.15, -0.1) is 0 Å². The van der Waals surface area contributed by atoms with Gasteiger partial charge >= 0.3 is 0 Å². The van der Waals surface area contributed by atoms with Crippen LogP contribution in [0.4, 0.5) is 0 Å². The fourth-order valence-electron chi connectivity index (χ4n) is 1.98. The van der Waals surface area contributed by atoms with E-state index in [4.69, 9.17) is 0 Å². The molecule has 1 aliphatic heterocycles. The average molecular weight is 157 g/mol. The van der Waals surface area contributed by atoms with E-state index in [0.717, 1.165) is 26.1 Å². The summed E-state index contributed by atoms with van der Waals surface area (Å²) in [5.41, 5.74) is 0.299. The lowest BCUT2D eigenvalue weighted by Gasteiger charge is -2.40. The van der Waals surface area contributed by atoms with Gasteiger partial charge in [0.05, 0.1) is 6.10 Å². The standard InChI is InChI=1S/C9H19NO/c1-4-10-6-8(11)5-9(2,3)7-10/h8,11H,4-7H2,1-3H3. The molecule has 0 aromatic heterocycles. The Bertz CT molecular complexity index is 134. The number of hydrogen-bond donors (Lipinski definition) is 1. The third-order valence-electron chi connectivity index (χ3n) is 2.36. The molecule has 11 heavy (non-hydrogen) atoms. The van der Waals surface area contributed by atoms with Gasteiger partial charge < -0.3 is 10.0 Å². The van der Waals surface area contributed by atoms with Crippen molar-refractivity contribution in [2.75, 3.05) is 19.6 Å². The van der Waals surface area contributed by atoms with Gasteiger partial charge in [-0.25, -0.2) is 0 Å². The highest BCUT2D eigenvalue weighted by Crippen LogP contribution is 2.28. The third kappa shape index (κ3) is 2.46. The molecule has 1 fully saturated rings. The highest BCUT2D eigenvalue weighted by atomic mass is 16.3. The summed E-state index contributed by atoms with van der Waals surface area (Å²) in [7, 11) is 0. The zero-order chi connectivity index (χ0) is 8.48. The Kier molecular flexibility index (Phi) is 2.55. The van der Waals surface area contributed by atoms with Crippen LogP contribution in [0.25, 0.3) is 0 Å². The molecule has 0 radical (unpaired) electrons. The van der Waals surface area contributed by atoms with Crippen LogP contribution in [0.15, 0.2) is 0 Å². The Labute approximate surface area is 69.2 Å². The van der Waals surface area contributed by atoms with Crippen molar-refractivity contribution in [2.45, 2.75) is 33.3 Å². The van der Waals surface area contributed by atoms with E-state index in [9.17, 15) is 5.11 Å². The first-order valence-corrected chi connectivity index (χ1v) is 4.44. The van der Waals surface area contributed by atoms with E-state index in [1.54, 1.807) is 0 Å². The predicted octanol–water partition coefficient (Wildman–Crippen LogP) is 1.10. The largest absolute Gasteiger partial charge is 0.392 e. The van der Waals surface area contributed by atoms with E-state index in [0.29, 0.717) is 5.41 Å². The number of rotatable bonds is 1. The molecule has 0 aliphatic carbocycles. The van der Waals surface area contributed by atoms with Crippen LogP contribution in [-0.4, -0.2) is 35.7 Å². The summed E-state index contributed by atoms with van der Waals surface area (Å²) in [4.78, 5) is 2.31. The van der Waals surface area contributed by atoms with Gasteiger partial charge in [0.1, 0.15) is 0 Å². The molecule has 1 N–H and O–H groups in total. The van der Waals surface area contributed by atoms with E-state index in [1.807, 2.05) is 0 Å². The molecule has 1 rings (SSSR count). The number of piperidine rings is 1. The predicted molar refractivity (Wildman–Crippen MR) is 46.5 cm³/mol. The number of likely N-dealkylation sites (tertiary alicyclic amines) is 1. The van der Waals surface area contributed by atoms with Crippen molar-refractivity contribution < 1.29 is 5.11 Å². The summed E-state index contributed by atoms with van der Waals surface area (Å²) >= 11 is 0. The molecular formula is C9H19NO. The van der Waals surface area contributed by atoms with Crippen LogP contribution >= 0.6 is 0 Å². The minimum atomic E-state index is -0.112. The van der Waals surface area contributed by atoms with Crippen molar-refractivity contribution in [3.8, 4) is 0 Å². The van der Waals surface area contributed by atoms with Gasteiger partial charge in [0, 0.05) is 13.1 Å². The first kappa shape index (κ1) is 9.01. The second kappa shape index (κ2) is 3.11. The zero-order valence-electron chi connectivity index (χ0n) is 7.80. The monoisotopic (exact) mass is 157 g/mol. The van der Waals surface area contributed by atoms with Crippen LogP contribution in [0, 0.1) is 5.41 Å². The fourth-order valence-corrected chi connectivity index (χ4v) is 1.98. The number of likely N-dealkylation sites (N-methyl/N-ethyl adjacent to an activating group) is 1. The lowest BCUT2D eigenvalue weighted by molar-refractivity contribution is 0.00894. The van der Waals surface area contributed by atoms with E-state index < -0.39 is 0 Å². The SMILES string of the molecule is CCN1CC(O)CC(C)(C)C1. The van der Waals surface area contributed by atoms with Crippen LogP contribution in [0.1, 0.15) is 27.2 Å². The van der Waals surface area contributed by atoms with Crippen molar-refractivity contribution in [3.63, 3.8) is 0 Å². The second-order valence-corrected chi connectivity index (χ2v) is 4.35. The van der Waals surface area contributed by atoms with Crippen LogP contribution in [-0.2, 0) is 0 Å². The smallest absolute Gasteiger partial charge is 0.0672 e. The van der Waals surface area contributed by atoms with Crippen LogP contribution < -0.4 is 0 Å². The van der Waals surface area contributed by atoms with E-state index in [2.05, 4.69) is 25.7 Å². The first-order chi connectivity index (χ1) is 5.03. The molecule has 1 atom stereocenters. The van der Waals surface area contributed by atoms with E-state index >= 15 is 0 Å². The molecule has 0 aromatic carbocycles. The van der Waals surface area contributed by atoms with Gasteiger partial charge in [-0.05, 0) is 18.4 Å². The van der Waals surface area contributed by atoms with Gasteiger partial charge in [-0.1, -0.05) is 20.8 Å². The van der Waals surface area contributed by atoms with Crippen molar-refractivity contribution in [2.24, 2.45) is 5.41 Å². The molecule has 0 spiro atoms. The molecular weight excluding hydrogens is 138 g/mol. The summed E-state index contributed by atoms with van der Waals surface area (Å²) in [6.45, 7) is 9.63. The van der Waals surface area contributed by atoms with Crippen LogP contribution in [0.3, 0.4) is 0 Å². The molecule has 1 unspecified atom stereocenters.